The van der Waals surface area contributed by atoms with Crippen molar-refractivity contribution in [2.24, 2.45) is 0 Å². The van der Waals surface area contributed by atoms with Crippen molar-refractivity contribution in [1.82, 2.24) is 4.31 Å². The summed E-state index contributed by atoms with van der Waals surface area (Å²) in [4.78, 5) is 15.0. The Hall–Kier alpha value is -1.83. The maximum absolute atomic E-state index is 12.9. The molecular formula is C19H22N2O3S2. The first-order chi connectivity index (χ1) is 12.4. The molecule has 1 aliphatic heterocycles. The highest BCUT2D eigenvalue weighted by Crippen LogP contribution is 2.29. The number of hydrogen-bond donors (Lipinski definition) is 0. The average molecular weight is 391 g/mol. The van der Waals surface area contributed by atoms with Gasteiger partial charge in [-0.15, -0.1) is 11.8 Å². The number of thioether (sulfide) groups is 1. The highest BCUT2D eigenvalue weighted by atomic mass is 32.2. The van der Waals surface area contributed by atoms with Crippen LogP contribution in [0.15, 0.2) is 58.3 Å². The molecule has 0 atom stereocenters. The number of anilines is 1. The number of carbonyl (C=O) groups is 1. The normalized spacial score (nSPS) is 15.8. The lowest BCUT2D eigenvalue weighted by Gasteiger charge is -2.36. The van der Waals surface area contributed by atoms with Gasteiger partial charge in [-0.25, -0.2) is 8.42 Å². The van der Waals surface area contributed by atoms with Gasteiger partial charge in [-0.2, -0.15) is 4.31 Å². The van der Waals surface area contributed by atoms with E-state index >= 15 is 0 Å². The molecule has 0 spiro atoms. The van der Waals surface area contributed by atoms with Gasteiger partial charge in [-0.3, -0.25) is 4.79 Å². The van der Waals surface area contributed by atoms with Gasteiger partial charge in [0.05, 0.1) is 10.6 Å². The summed E-state index contributed by atoms with van der Waals surface area (Å²) in [6.07, 6.45) is 2.05. The van der Waals surface area contributed by atoms with Crippen LogP contribution in [0.5, 0.6) is 0 Å². The molecule has 2 aromatic carbocycles. The van der Waals surface area contributed by atoms with Gasteiger partial charge in [0.2, 0.25) is 10.0 Å². The van der Waals surface area contributed by atoms with Crippen LogP contribution in [0.1, 0.15) is 17.3 Å². The minimum atomic E-state index is -3.54. The molecule has 2 aromatic rings. The maximum atomic E-state index is 12.9. The smallest absolute Gasteiger partial charge is 0.243 e. The van der Waals surface area contributed by atoms with Gasteiger partial charge in [0.1, 0.15) is 0 Å². The van der Waals surface area contributed by atoms with Gasteiger partial charge in [0.15, 0.2) is 5.78 Å². The van der Waals surface area contributed by atoms with E-state index in [0.717, 1.165) is 5.69 Å². The molecule has 0 amide bonds. The number of rotatable bonds is 5. The Labute approximate surface area is 159 Å². The topological polar surface area (TPSA) is 57.7 Å². The molecule has 5 nitrogen and oxygen atoms in total. The molecule has 0 unspecified atom stereocenters. The lowest BCUT2D eigenvalue weighted by Crippen LogP contribution is -2.48. The standard InChI is InChI=1S/C19H22N2O3S2/c1-15(22)16-7-9-17(10-8-16)26(23,24)21-13-11-20(12-14-21)18-5-3-4-6-19(18)25-2/h3-10H,11-14H2,1-2H3. The summed E-state index contributed by atoms with van der Waals surface area (Å²) >= 11 is 1.69. The van der Waals surface area contributed by atoms with Crippen LogP contribution in [0.4, 0.5) is 5.69 Å². The Kier molecular flexibility index (Phi) is 5.70. The summed E-state index contributed by atoms with van der Waals surface area (Å²) < 4.78 is 27.2. The molecule has 1 saturated heterocycles. The van der Waals surface area contributed by atoms with Crippen molar-refractivity contribution in [3.63, 3.8) is 0 Å². The molecule has 0 N–H and O–H groups in total. The Morgan fingerprint density at radius 1 is 0.962 bits per heavy atom. The van der Waals surface area contributed by atoms with Crippen molar-refractivity contribution in [1.29, 1.82) is 0 Å². The second-order valence-corrected chi connectivity index (χ2v) is 8.93. The molecule has 1 aliphatic rings. The Morgan fingerprint density at radius 2 is 1.58 bits per heavy atom. The number of piperazine rings is 1. The fourth-order valence-electron chi connectivity index (χ4n) is 3.07. The Morgan fingerprint density at radius 3 is 2.15 bits per heavy atom. The van der Waals surface area contributed by atoms with Gasteiger partial charge in [0, 0.05) is 36.6 Å². The predicted octanol–water partition coefficient (Wildman–Crippen LogP) is 3.12. The lowest BCUT2D eigenvalue weighted by atomic mass is 10.2. The predicted molar refractivity (Wildman–Crippen MR) is 106 cm³/mol. The van der Waals surface area contributed by atoms with Crippen molar-refractivity contribution in [2.75, 3.05) is 37.3 Å². The second-order valence-electron chi connectivity index (χ2n) is 6.14. The number of para-hydroxylation sites is 1. The zero-order valence-corrected chi connectivity index (χ0v) is 16.5. The molecule has 138 valence electrons. The molecule has 0 bridgehead atoms. The maximum Gasteiger partial charge on any atom is 0.243 e. The fourth-order valence-corrected chi connectivity index (χ4v) is 5.11. The van der Waals surface area contributed by atoms with Crippen LogP contribution in [0.3, 0.4) is 0 Å². The molecule has 7 heteroatoms. The third-order valence-electron chi connectivity index (χ3n) is 4.56. The van der Waals surface area contributed by atoms with Crippen molar-refractivity contribution >= 4 is 33.3 Å². The van der Waals surface area contributed by atoms with Crippen LogP contribution in [0.2, 0.25) is 0 Å². The van der Waals surface area contributed by atoms with E-state index in [2.05, 4.69) is 17.0 Å². The molecule has 0 saturated carbocycles. The van der Waals surface area contributed by atoms with Crippen molar-refractivity contribution in [2.45, 2.75) is 16.7 Å². The van der Waals surface area contributed by atoms with Crippen LogP contribution in [0.25, 0.3) is 0 Å². The molecule has 0 radical (unpaired) electrons. The molecule has 1 heterocycles. The largest absolute Gasteiger partial charge is 0.368 e. The number of Topliss-reactive ketones (excluding diaryl/α,β-unsaturated/α-hetero) is 1. The highest BCUT2D eigenvalue weighted by molar-refractivity contribution is 7.98. The zero-order chi connectivity index (χ0) is 18.7. The van der Waals surface area contributed by atoms with E-state index in [4.69, 9.17) is 0 Å². The van der Waals surface area contributed by atoms with E-state index in [1.165, 1.54) is 28.3 Å². The van der Waals surface area contributed by atoms with Gasteiger partial charge in [0.25, 0.3) is 0 Å². The first kappa shape index (κ1) is 18.9. The number of ketones is 1. The average Bonchev–Trinajstić information content (AvgIpc) is 2.68. The minimum absolute atomic E-state index is 0.0741. The molecule has 0 aromatic heterocycles. The van der Waals surface area contributed by atoms with E-state index < -0.39 is 10.0 Å². The third-order valence-corrected chi connectivity index (χ3v) is 7.26. The minimum Gasteiger partial charge on any atom is -0.368 e. The summed E-state index contributed by atoms with van der Waals surface area (Å²) in [6, 6.07) is 14.4. The SMILES string of the molecule is CSc1ccccc1N1CCN(S(=O)(=O)c2ccc(C(C)=O)cc2)CC1. The molecule has 0 aliphatic carbocycles. The quantitative estimate of drug-likeness (QED) is 0.580. The van der Waals surface area contributed by atoms with Gasteiger partial charge >= 0.3 is 0 Å². The van der Waals surface area contributed by atoms with Crippen LogP contribution in [0, 0.1) is 0 Å². The Bertz CT molecular complexity index is 887. The lowest BCUT2D eigenvalue weighted by molar-refractivity contribution is 0.101. The first-order valence-corrected chi connectivity index (χ1v) is 11.1. The Balaban J connectivity index is 1.73. The van der Waals surface area contributed by atoms with Crippen molar-refractivity contribution in [3.8, 4) is 0 Å². The summed E-state index contributed by atoms with van der Waals surface area (Å²) in [5, 5.41) is 0. The van der Waals surface area contributed by atoms with E-state index in [-0.39, 0.29) is 10.7 Å². The highest BCUT2D eigenvalue weighted by Gasteiger charge is 2.29. The summed E-state index contributed by atoms with van der Waals surface area (Å²) in [5.74, 6) is -0.0741. The van der Waals surface area contributed by atoms with Crippen LogP contribution < -0.4 is 4.90 Å². The first-order valence-electron chi connectivity index (χ1n) is 8.42. The summed E-state index contributed by atoms with van der Waals surface area (Å²) in [7, 11) is -3.54. The molecule has 3 rings (SSSR count). The van der Waals surface area contributed by atoms with Gasteiger partial charge in [-0.1, -0.05) is 24.3 Å². The van der Waals surface area contributed by atoms with Crippen LogP contribution >= 0.6 is 11.8 Å². The van der Waals surface area contributed by atoms with E-state index in [1.807, 2.05) is 18.4 Å². The fraction of sp³-hybridized carbons (Fsp3) is 0.316. The molecule has 26 heavy (non-hydrogen) atoms. The third kappa shape index (κ3) is 3.79. The summed E-state index contributed by atoms with van der Waals surface area (Å²) in [6.45, 7) is 3.67. The number of benzene rings is 2. The monoisotopic (exact) mass is 390 g/mol. The van der Waals surface area contributed by atoms with Crippen molar-refractivity contribution < 1.29 is 13.2 Å². The number of hydrogen-bond acceptors (Lipinski definition) is 5. The van der Waals surface area contributed by atoms with Crippen LogP contribution in [-0.4, -0.2) is 50.9 Å². The number of carbonyl (C=O) groups excluding carboxylic acids is 1. The second kappa shape index (κ2) is 7.82. The van der Waals surface area contributed by atoms with E-state index in [0.29, 0.717) is 31.7 Å². The number of nitrogens with zero attached hydrogens (tertiary/aromatic N) is 2. The molecule has 1 fully saturated rings. The zero-order valence-electron chi connectivity index (χ0n) is 14.9. The van der Waals surface area contributed by atoms with Gasteiger partial charge < -0.3 is 4.90 Å². The van der Waals surface area contributed by atoms with Crippen LogP contribution in [-0.2, 0) is 10.0 Å². The summed E-state index contributed by atoms with van der Waals surface area (Å²) in [5.41, 5.74) is 1.67. The number of sulfonamides is 1. The van der Waals surface area contributed by atoms with Gasteiger partial charge in [-0.05, 0) is 37.4 Å². The van der Waals surface area contributed by atoms with E-state index in [1.54, 1.807) is 23.9 Å². The van der Waals surface area contributed by atoms with Crippen molar-refractivity contribution in [3.05, 3.63) is 54.1 Å². The molecular weight excluding hydrogens is 368 g/mol. The van der Waals surface area contributed by atoms with E-state index in [9.17, 15) is 13.2 Å².